The summed E-state index contributed by atoms with van der Waals surface area (Å²) in [4.78, 5) is 17.2. The molecule has 1 amide bonds. The number of nitrogens with zero attached hydrogens (tertiary/aromatic N) is 2. The van der Waals surface area contributed by atoms with Crippen molar-refractivity contribution >= 4 is 30.7 Å². The molecule has 21 heavy (non-hydrogen) atoms. The summed E-state index contributed by atoms with van der Waals surface area (Å²) in [6.45, 7) is 8.21. The average molecular weight is 340 g/mol. The number of hydrogen-bond acceptors (Lipinski definition) is 3. The number of nitrogens with two attached hydrogens (primary N) is 1. The quantitative estimate of drug-likeness (QED) is 0.858. The summed E-state index contributed by atoms with van der Waals surface area (Å²) in [5, 5.41) is 0. The lowest BCUT2D eigenvalue weighted by molar-refractivity contribution is -0.140. The third kappa shape index (κ3) is 5.59. The van der Waals surface area contributed by atoms with Crippen molar-refractivity contribution in [2.24, 2.45) is 11.7 Å². The van der Waals surface area contributed by atoms with Gasteiger partial charge in [0.1, 0.15) is 0 Å². The number of rotatable bonds is 3. The van der Waals surface area contributed by atoms with E-state index in [0.717, 1.165) is 39.0 Å². The predicted octanol–water partition coefficient (Wildman–Crippen LogP) is 2.29. The van der Waals surface area contributed by atoms with E-state index in [4.69, 9.17) is 5.73 Å². The SMILES string of the molecule is CC(C)C(C(=O)N1CCC(N)CC1)N1CCCCC1.Cl.Cl. The second-order valence-corrected chi connectivity index (χ2v) is 6.45. The third-order valence-electron chi connectivity index (χ3n) is 4.52. The van der Waals surface area contributed by atoms with E-state index in [-0.39, 0.29) is 36.9 Å². The van der Waals surface area contributed by atoms with Crippen molar-refractivity contribution in [2.75, 3.05) is 26.2 Å². The molecular formula is C15H31Cl2N3O. The molecule has 0 aliphatic carbocycles. The lowest BCUT2D eigenvalue weighted by atomic mass is 9.96. The molecule has 6 heteroatoms. The van der Waals surface area contributed by atoms with Gasteiger partial charge in [-0.2, -0.15) is 0 Å². The fourth-order valence-corrected chi connectivity index (χ4v) is 3.37. The van der Waals surface area contributed by atoms with E-state index < -0.39 is 0 Å². The summed E-state index contributed by atoms with van der Waals surface area (Å²) in [7, 11) is 0. The number of likely N-dealkylation sites (tertiary alicyclic amines) is 2. The van der Waals surface area contributed by atoms with Crippen molar-refractivity contribution < 1.29 is 4.79 Å². The molecule has 4 nitrogen and oxygen atoms in total. The van der Waals surface area contributed by atoms with Crippen LogP contribution in [0, 0.1) is 5.92 Å². The van der Waals surface area contributed by atoms with Crippen molar-refractivity contribution in [1.29, 1.82) is 0 Å². The summed E-state index contributed by atoms with van der Waals surface area (Å²) in [5.41, 5.74) is 5.93. The maximum absolute atomic E-state index is 12.8. The van der Waals surface area contributed by atoms with E-state index >= 15 is 0 Å². The normalized spacial score (nSPS) is 22.4. The maximum Gasteiger partial charge on any atom is 0.240 e. The van der Waals surface area contributed by atoms with Crippen LogP contribution in [0.5, 0.6) is 0 Å². The molecule has 2 aliphatic rings. The van der Waals surface area contributed by atoms with Crippen LogP contribution in [0.4, 0.5) is 0 Å². The number of carbonyl (C=O) groups excluding carboxylic acids is 1. The van der Waals surface area contributed by atoms with Gasteiger partial charge in [0, 0.05) is 19.1 Å². The van der Waals surface area contributed by atoms with E-state index in [9.17, 15) is 4.79 Å². The molecule has 0 spiro atoms. The van der Waals surface area contributed by atoms with Crippen LogP contribution < -0.4 is 5.73 Å². The lowest BCUT2D eigenvalue weighted by Crippen LogP contribution is -2.55. The van der Waals surface area contributed by atoms with Gasteiger partial charge in [-0.15, -0.1) is 24.8 Å². The first-order valence-corrected chi connectivity index (χ1v) is 7.88. The second-order valence-electron chi connectivity index (χ2n) is 6.45. The van der Waals surface area contributed by atoms with E-state index in [2.05, 4.69) is 18.7 Å². The van der Waals surface area contributed by atoms with Gasteiger partial charge in [0.15, 0.2) is 0 Å². The largest absolute Gasteiger partial charge is 0.341 e. The van der Waals surface area contributed by atoms with Crippen LogP contribution in [0.2, 0.25) is 0 Å². The molecule has 2 rings (SSSR count). The first-order chi connectivity index (χ1) is 9.09. The van der Waals surface area contributed by atoms with Gasteiger partial charge in [0.2, 0.25) is 5.91 Å². The molecule has 1 unspecified atom stereocenters. The van der Waals surface area contributed by atoms with Crippen LogP contribution in [-0.2, 0) is 4.79 Å². The Morgan fingerprint density at radius 3 is 2.00 bits per heavy atom. The van der Waals surface area contributed by atoms with E-state index in [1.165, 1.54) is 19.3 Å². The number of halogens is 2. The molecular weight excluding hydrogens is 309 g/mol. The van der Waals surface area contributed by atoms with Gasteiger partial charge in [0.25, 0.3) is 0 Å². The molecule has 0 aromatic carbocycles. The molecule has 0 saturated carbocycles. The van der Waals surface area contributed by atoms with Crippen LogP contribution >= 0.6 is 24.8 Å². The highest BCUT2D eigenvalue weighted by molar-refractivity contribution is 5.85. The summed E-state index contributed by atoms with van der Waals surface area (Å²) in [6, 6.07) is 0.367. The standard InChI is InChI=1S/C15H29N3O.2ClH/c1-12(2)14(17-8-4-3-5-9-17)15(19)18-10-6-13(16)7-11-18;;/h12-14H,3-11,16H2,1-2H3;2*1H. The maximum atomic E-state index is 12.8. The van der Waals surface area contributed by atoms with Crippen LogP contribution in [0.15, 0.2) is 0 Å². The number of piperidine rings is 2. The zero-order valence-corrected chi connectivity index (χ0v) is 14.9. The summed E-state index contributed by atoms with van der Waals surface area (Å²) < 4.78 is 0. The zero-order valence-electron chi connectivity index (χ0n) is 13.3. The smallest absolute Gasteiger partial charge is 0.240 e. The van der Waals surface area contributed by atoms with E-state index in [1.54, 1.807) is 0 Å². The molecule has 2 fully saturated rings. The highest BCUT2D eigenvalue weighted by atomic mass is 35.5. The lowest BCUT2D eigenvalue weighted by Gasteiger charge is -2.40. The Morgan fingerprint density at radius 2 is 1.52 bits per heavy atom. The van der Waals surface area contributed by atoms with Crippen LogP contribution in [0.3, 0.4) is 0 Å². The van der Waals surface area contributed by atoms with Crippen LogP contribution in [-0.4, -0.2) is 54.0 Å². The van der Waals surface area contributed by atoms with Gasteiger partial charge in [-0.1, -0.05) is 20.3 Å². The van der Waals surface area contributed by atoms with Crippen LogP contribution in [0.25, 0.3) is 0 Å². The highest BCUT2D eigenvalue weighted by Crippen LogP contribution is 2.21. The van der Waals surface area contributed by atoms with E-state index in [0.29, 0.717) is 11.8 Å². The topological polar surface area (TPSA) is 49.6 Å². The predicted molar refractivity (Wildman–Crippen MR) is 92.3 cm³/mol. The first kappa shape index (κ1) is 21.0. The Hall–Kier alpha value is -0.0300. The van der Waals surface area contributed by atoms with Crippen molar-refractivity contribution in [3.05, 3.63) is 0 Å². The van der Waals surface area contributed by atoms with Crippen molar-refractivity contribution in [2.45, 2.75) is 58.0 Å². The number of carbonyl (C=O) groups is 1. The molecule has 1 atom stereocenters. The van der Waals surface area contributed by atoms with Gasteiger partial charge in [-0.25, -0.2) is 0 Å². The van der Waals surface area contributed by atoms with Gasteiger partial charge in [-0.3, -0.25) is 9.69 Å². The molecule has 2 N–H and O–H groups in total. The second kappa shape index (κ2) is 9.88. The molecule has 0 radical (unpaired) electrons. The van der Waals surface area contributed by atoms with Crippen molar-refractivity contribution in [3.63, 3.8) is 0 Å². The Kier molecular flexibility index (Phi) is 9.87. The highest BCUT2D eigenvalue weighted by Gasteiger charge is 2.34. The summed E-state index contributed by atoms with van der Waals surface area (Å²) in [6.07, 6.45) is 5.70. The molecule has 2 heterocycles. The molecule has 2 saturated heterocycles. The molecule has 0 bridgehead atoms. The average Bonchev–Trinajstić information content (AvgIpc) is 2.40. The molecule has 0 aromatic rings. The fraction of sp³-hybridized carbons (Fsp3) is 0.933. The molecule has 2 aliphatic heterocycles. The minimum Gasteiger partial charge on any atom is -0.341 e. The minimum atomic E-state index is 0. The fourth-order valence-electron chi connectivity index (χ4n) is 3.37. The number of hydrogen-bond donors (Lipinski definition) is 1. The Balaban J connectivity index is 0.00000200. The minimum absolute atomic E-state index is 0. The van der Waals surface area contributed by atoms with Crippen molar-refractivity contribution in [1.82, 2.24) is 9.80 Å². The molecule has 0 aromatic heterocycles. The Bertz CT molecular complexity index is 301. The van der Waals surface area contributed by atoms with Gasteiger partial charge in [-0.05, 0) is 44.7 Å². The third-order valence-corrected chi connectivity index (χ3v) is 4.52. The zero-order chi connectivity index (χ0) is 13.8. The van der Waals surface area contributed by atoms with Crippen LogP contribution in [0.1, 0.15) is 46.0 Å². The van der Waals surface area contributed by atoms with E-state index in [1.807, 2.05) is 4.90 Å². The van der Waals surface area contributed by atoms with Gasteiger partial charge < -0.3 is 10.6 Å². The van der Waals surface area contributed by atoms with Gasteiger partial charge >= 0.3 is 0 Å². The monoisotopic (exact) mass is 339 g/mol. The van der Waals surface area contributed by atoms with Crippen molar-refractivity contribution in [3.8, 4) is 0 Å². The number of amides is 1. The summed E-state index contributed by atoms with van der Waals surface area (Å²) >= 11 is 0. The summed E-state index contributed by atoms with van der Waals surface area (Å²) in [5.74, 6) is 0.727. The van der Waals surface area contributed by atoms with Gasteiger partial charge in [0.05, 0.1) is 6.04 Å². The molecule has 126 valence electrons. The Morgan fingerprint density at radius 1 is 1.00 bits per heavy atom. The first-order valence-electron chi connectivity index (χ1n) is 7.88. The Labute approximate surface area is 141 Å².